The lowest BCUT2D eigenvalue weighted by Crippen LogP contribution is -2.18. The molecule has 2 heteroatoms. The molecule has 2 aromatic rings. The van der Waals surface area contributed by atoms with E-state index in [-0.39, 0.29) is 6.04 Å². The van der Waals surface area contributed by atoms with Crippen molar-refractivity contribution in [1.82, 2.24) is 5.32 Å². The highest BCUT2D eigenvalue weighted by atomic mass is 32.2. The van der Waals surface area contributed by atoms with E-state index in [9.17, 15) is 0 Å². The van der Waals surface area contributed by atoms with Crippen molar-refractivity contribution < 1.29 is 0 Å². The van der Waals surface area contributed by atoms with Crippen molar-refractivity contribution in [3.63, 3.8) is 0 Å². The van der Waals surface area contributed by atoms with Gasteiger partial charge in [0.25, 0.3) is 0 Å². The van der Waals surface area contributed by atoms with Crippen LogP contribution in [0.25, 0.3) is 0 Å². The molecule has 0 aliphatic carbocycles. The summed E-state index contributed by atoms with van der Waals surface area (Å²) in [6.45, 7) is 2.22. The van der Waals surface area contributed by atoms with Crippen LogP contribution in [0, 0.1) is 0 Å². The van der Waals surface area contributed by atoms with Gasteiger partial charge in [-0.2, -0.15) is 0 Å². The van der Waals surface area contributed by atoms with Crippen LogP contribution < -0.4 is 5.32 Å². The Morgan fingerprint density at radius 3 is 2.35 bits per heavy atom. The molecule has 0 aliphatic rings. The molecule has 0 heterocycles. The summed E-state index contributed by atoms with van der Waals surface area (Å²) in [6, 6.07) is 17.9. The SMILES string of the molecule is CCCc1ccc(C(NC)c2ccccc2SC)cc1. The van der Waals surface area contributed by atoms with Gasteiger partial charge in [0.2, 0.25) is 0 Å². The number of hydrogen-bond acceptors (Lipinski definition) is 2. The van der Waals surface area contributed by atoms with Crippen LogP contribution in [0.15, 0.2) is 53.4 Å². The molecule has 1 atom stereocenters. The molecule has 0 saturated heterocycles. The first kappa shape index (κ1) is 15.1. The second-order valence-corrected chi connectivity index (χ2v) is 5.80. The average Bonchev–Trinajstić information content (AvgIpc) is 2.50. The molecule has 0 fully saturated rings. The van der Waals surface area contributed by atoms with Crippen LogP contribution in [-0.2, 0) is 6.42 Å². The molecule has 0 aliphatic heterocycles. The Morgan fingerprint density at radius 1 is 1.05 bits per heavy atom. The number of hydrogen-bond donors (Lipinski definition) is 1. The monoisotopic (exact) mass is 285 g/mol. The van der Waals surface area contributed by atoms with E-state index in [1.165, 1.54) is 28.0 Å². The quantitative estimate of drug-likeness (QED) is 0.774. The molecule has 2 rings (SSSR count). The summed E-state index contributed by atoms with van der Waals surface area (Å²) >= 11 is 1.81. The molecular weight excluding hydrogens is 262 g/mol. The van der Waals surface area contributed by atoms with Crippen LogP contribution in [-0.4, -0.2) is 13.3 Å². The van der Waals surface area contributed by atoms with E-state index in [1.54, 1.807) is 11.8 Å². The molecule has 0 aromatic heterocycles. The average molecular weight is 285 g/mol. The first-order chi connectivity index (χ1) is 9.80. The molecule has 0 spiro atoms. The largest absolute Gasteiger partial charge is 0.309 e. The van der Waals surface area contributed by atoms with Crippen molar-refractivity contribution in [1.29, 1.82) is 0 Å². The van der Waals surface area contributed by atoms with Gasteiger partial charge < -0.3 is 5.32 Å². The third-order valence-corrected chi connectivity index (χ3v) is 4.40. The van der Waals surface area contributed by atoms with Crippen LogP contribution in [0.4, 0.5) is 0 Å². The standard InChI is InChI=1S/C18H23NS/c1-4-7-14-10-12-15(13-11-14)18(19-2)16-8-5-6-9-17(16)20-3/h5-6,8-13,18-19H,4,7H2,1-3H3. The zero-order valence-electron chi connectivity index (χ0n) is 12.5. The summed E-state index contributed by atoms with van der Waals surface area (Å²) in [6.07, 6.45) is 4.49. The first-order valence-electron chi connectivity index (χ1n) is 7.19. The summed E-state index contributed by atoms with van der Waals surface area (Å²) in [7, 11) is 2.03. The molecule has 0 bridgehead atoms. The van der Waals surface area contributed by atoms with Gasteiger partial charge in [-0.25, -0.2) is 0 Å². The third-order valence-electron chi connectivity index (χ3n) is 3.59. The minimum absolute atomic E-state index is 0.259. The van der Waals surface area contributed by atoms with Gasteiger partial charge in [0, 0.05) is 4.90 Å². The van der Waals surface area contributed by atoms with E-state index in [0.717, 1.165) is 6.42 Å². The van der Waals surface area contributed by atoms with E-state index < -0.39 is 0 Å². The van der Waals surface area contributed by atoms with E-state index in [0.29, 0.717) is 0 Å². The van der Waals surface area contributed by atoms with E-state index in [2.05, 4.69) is 67.0 Å². The van der Waals surface area contributed by atoms with Gasteiger partial charge in [0.05, 0.1) is 6.04 Å². The van der Waals surface area contributed by atoms with Crippen molar-refractivity contribution in [3.05, 3.63) is 65.2 Å². The Hall–Kier alpha value is -1.25. The number of thioether (sulfide) groups is 1. The van der Waals surface area contributed by atoms with Crippen molar-refractivity contribution in [2.24, 2.45) is 0 Å². The summed E-state index contributed by atoms with van der Waals surface area (Å²) < 4.78 is 0. The second-order valence-electron chi connectivity index (χ2n) is 4.96. The van der Waals surface area contributed by atoms with Crippen LogP contribution in [0.1, 0.15) is 36.1 Å². The predicted octanol–water partition coefficient (Wildman–Crippen LogP) is 4.67. The highest BCUT2D eigenvalue weighted by molar-refractivity contribution is 7.98. The highest BCUT2D eigenvalue weighted by Crippen LogP contribution is 2.30. The molecule has 20 heavy (non-hydrogen) atoms. The molecule has 2 aromatic carbocycles. The fourth-order valence-corrected chi connectivity index (χ4v) is 3.21. The Bertz CT molecular complexity index is 533. The van der Waals surface area contributed by atoms with E-state index in [1.807, 2.05) is 7.05 Å². The maximum Gasteiger partial charge on any atom is 0.0585 e. The molecule has 0 radical (unpaired) electrons. The molecule has 1 N–H and O–H groups in total. The zero-order chi connectivity index (χ0) is 14.4. The summed E-state index contributed by atoms with van der Waals surface area (Å²) in [4.78, 5) is 1.34. The molecule has 1 unspecified atom stereocenters. The van der Waals surface area contributed by atoms with Crippen LogP contribution >= 0.6 is 11.8 Å². The summed E-state index contributed by atoms with van der Waals surface area (Å²) in [5.74, 6) is 0. The number of rotatable bonds is 6. The topological polar surface area (TPSA) is 12.0 Å². The minimum Gasteiger partial charge on any atom is -0.309 e. The van der Waals surface area contributed by atoms with Gasteiger partial charge in [-0.3, -0.25) is 0 Å². The number of nitrogens with one attached hydrogen (secondary N) is 1. The fraction of sp³-hybridized carbons (Fsp3) is 0.333. The molecule has 106 valence electrons. The van der Waals surface area contributed by atoms with Crippen molar-refractivity contribution in [3.8, 4) is 0 Å². The number of benzene rings is 2. The smallest absolute Gasteiger partial charge is 0.0585 e. The van der Waals surface area contributed by atoms with Crippen LogP contribution in [0.3, 0.4) is 0 Å². The Morgan fingerprint density at radius 2 is 1.75 bits per heavy atom. The molecule has 1 nitrogen and oxygen atoms in total. The lowest BCUT2D eigenvalue weighted by atomic mass is 9.97. The lowest BCUT2D eigenvalue weighted by molar-refractivity contribution is 0.680. The minimum atomic E-state index is 0.259. The summed E-state index contributed by atoms with van der Waals surface area (Å²) in [5, 5.41) is 3.45. The summed E-state index contributed by atoms with van der Waals surface area (Å²) in [5.41, 5.74) is 4.10. The van der Waals surface area contributed by atoms with Crippen molar-refractivity contribution in [2.75, 3.05) is 13.3 Å². The fourth-order valence-electron chi connectivity index (χ4n) is 2.57. The third kappa shape index (κ3) is 3.44. The van der Waals surface area contributed by atoms with Gasteiger partial charge in [0.1, 0.15) is 0 Å². The molecule has 0 amide bonds. The van der Waals surface area contributed by atoms with Gasteiger partial charge in [-0.15, -0.1) is 11.8 Å². The second kappa shape index (κ2) is 7.51. The lowest BCUT2D eigenvalue weighted by Gasteiger charge is -2.20. The zero-order valence-corrected chi connectivity index (χ0v) is 13.3. The van der Waals surface area contributed by atoms with Gasteiger partial charge in [-0.1, -0.05) is 55.8 Å². The van der Waals surface area contributed by atoms with E-state index >= 15 is 0 Å². The van der Waals surface area contributed by atoms with Gasteiger partial charge >= 0.3 is 0 Å². The first-order valence-corrected chi connectivity index (χ1v) is 8.41. The van der Waals surface area contributed by atoms with Crippen molar-refractivity contribution >= 4 is 11.8 Å². The van der Waals surface area contributed by atoms with Gasteiger partial charge in [-0.05, 0) is 42.5 Å². The van der Waals surface area contributed by atoms with Gasteiger partial charge in [0.15, 0.2) is 0 Å². The Labute approximate surface area is 126 Å². The van der Waals surface area contributed by atoms with Crippen LogP contribution in [0.2, 0.25) is 0 Å². The predicted molar refractivity (Wildman–Crippen MR) is 89.6 cm³/mol. The van der Waals surface area contributed by atoms with Crippen molar-refractivity contribution in [2.45, 2.75) is 30.7 Å². The van der Waals surface area contributed by atoms with E-state index in [4.69, 9.17) is 0 Å². The Balaban J connectivity index is 2.31. The van der Waals surface area contributed by atoms with Crippen LogP contribution in [0.5, 0.6) is 0 Å². The normalized spacial score (nSPS) is 12.3. The maximum atomic E-state index is 3.45. The molecule has 0 saturated carbocycles. The number of aryl methyl sites for hydroxylation is 1. The highest BCUT2D eigenvalue weighted by Gasteiger charge is 2.14. The molecular formula is C18H23NS. The maximum absolute atomic E-state index is 3.45. The Kier molecular flexibility index (Phi) is 5.69.